The molecule has 0 spiro atoms. The van der Waals surface area contributed by atoms with Gasteiger partial charge in [-0.05, 0) is 30.7 Å². The van der Waals surface area contributed by atoms with Crippen LogP contribution in [-0.2, 0) is 0 Å². The second-order valence-electron chi connectivity index (χ2n) is 5.12. The summed E-state index contributed by atoms with van der Waals surface area (Å²) in [6.45, 7) is 0.897. The minimum Gasteiger partial charge on any atom is -0.493 e. The van der Waals surface area contributed by atoms with Crippen LogP contribution in [0.2, 0.25) is 0 Å². The molecule has 2 aliphatic heterocycles. The zero-order valence-corrected chi connectivity index (χ0v) is 11.9. The molecule has 0 saturated heterocycles. The average Bonchev–Trinajstić information content (AvgIpc) is 3.06. The van der Waals surface area contributed by atoms with E-state index in [4.69, 9.17) is 9.47 Å². The lowest BCUT2D eigenvalue weighted by Crippen LogP contribution is -2.27. The number of para-hydroxylation sites is 3. The van der Waals surface area contributed by atoms with Gasteiger partial charge in [-0.2, -0.15) is 0 Å². The van der Waals surface area contributed by atoms with Crippen LogP contribution in [0, 0.1) is 0 Å². The van der Waals surface area contributed by atoms with E-state index in [-0.39, 0.29) is 0 Å². The molecule has 0 aliphatic carbocycles. The van der Waals surface area contributed by atoms with Gasteiger partial charge in [0.05, 0.1) is 18.5 Å². The highest BCUT2D eigenvalue weighted by Crippen LogP contribution is 2.51. The van der Waals surface area contributed by atoms with Crippen LogP contribution < -0.4 is 14.4 Å². The van der Waals surface area contributed by atoms with Gasteiger partial charge >= 0.3 is 0 Å². The molecular formula is C17H16N2O2. The van der Waals surface area contributed by atoms with Crippen LogP contribution in [0.4, 0.5) is 11.4 Å². The highest BCUT2D eigenvalue weighted by molar-refractivity contribution is 6.08. The van der Waals surface area contributed by atoms with Crippen molar-refractivity contribution in [3.05, 3.63) is 42.5 Å². The lowest BCUT2D eigenvalue weighted by atomic mass is 10.1. The second-order valence-corrected chi connectivity index (χ2v) is 5.12. The number of amidine groups is 1. The normalized spacial score (nSPS) is 15.9. The molecule has 0 N–H and O–H groups in total. The highest BCUT2D eigenvalue weighted by Gasteiger charge is 2.30. The van der Waals surface area contributed by atoms with Crippen LogP contribution in [-0.4, -0.2) is 19.5 Å². The molecule has 2 heterocycles. The SMILES string of the molecule is COc1cccc2c1Oc1ccccc1N2C1=NCCC1. The Hall–Kier alpha value is -2.49. The van der Waals surface area contributed by atoms with E-state index < -0.39 is 0 Å². The summed E-state index contributed by atoms with van der Waals surface area (Å²) in [7, 11) is 1.66. The molecule has 4 rings (SSSR count). The average molecular weight is 280 g/mol. The number of fused-ring (bicyclic) bond motifs is 2. The number of rotatable bonds is 1. The van der Waals surface area contributed by atoms with Crippen LogP contribution in [0.3, 0.4) is 0 Å². The van der Waals surface area contributed by atoms with Gasteiger partial charge in [0.1, 0.15) is 5.84 Å². The minimum absolute atomic E-state index is 0.741. The number of hydrogen-bond donors (Lipinski definition) is 0. The van der Waals surface area contributed by atoms with Crippen LogP contribution in [0.25, 0.3) is 0 Å². The topological polar surface area (TPSA) is 34.1 Å². The van der Waals surface area contributed by atoms with E-state index in [1.54, 1.807) is 7.11 Å². The fourth-order valence-electron chi connectivity index (χ4n) is 2.90. The molecule has 4 nitrogen and oxygen atoms in total. The van der Waals surface area contributed by atoms with Crippen LogP contribution in [0.15, 0.2) is 47.5 Å². The van der Waals surface area contributed by atoms with Gasteiger partial charge in [-0.1, -0.05) is 18.2 Å². The lowest BCUT2D eigenvalue weighted by Gasteiger charge is -2.33. The van der Waals surface area contributed by atoms with Crippen molar-refractivity contribution < 1.29 is 9.47 Å². The van der Waals surface area contributed by atoms with Crippen molar-refractivity contribution in [2.45, 2.75) is 12.8 Å². The third-order valence-corrected chi connectivity index (χ3v) is 3.85. The highest BCUT2D eigenvalue weighted by atomic mass is 16.5. The molecule has 0 bridgehead atoms. The van der Waals surface area contributed by atoms with Gasteiger partial charge in [-0.3, -0.25) is 9.89 Å². The summed E-state index contributed by atoms with van der Waals surface area (Å²) in [6, 6.07) is 14.0. The number of nitrogens with zero attached hydrogens (tertiary/aromatic N) is 2. The summed E-state index contributed by atoms with van der Waals surface area (Å²) in [4.78, 5) is 6.86. The van der Waals surface area contributed by atoms with Gasteiger partial charge in [0.15, 0.2) is 17.2 Å². The second kappa shape index (κ2) is 4.81. The Morgan fingerprint density at radius 3 is 2.76 bits per heavy atom. The predicted molar refractivity (Wildman–Crippen MR) is 83.2 cm³/mol. The first-order valence-electron chi connectivity index (χ1n) is 7.16. The van der Waals surface area contributed by atoms with Crippen molar-refractivity contribution in [1.82, 2.24) is 0 Å². The van der Waals surface area contributed by atoms with E-state index in [9.17, 15) is 0 Å². The molecule has 0 atom stereocenters. The first kappa shape index (κ1) is 12.3. The van der Waals surface area contributed by atoms with E-state index in [0.29, 0.717) is 0 Å². The number of methoxy groups -OCH3 is 1. The Morgan fingerprint density at radius 1 is 1.10 bits per heavy atom. The zero-order chi connectivity index (χ0) is 14.2. The molecule has 0 amide bonds. The molecule has 0 saturated carbocycles. The van der Waals surface area contributed by atoms with Gasteiger partial charge in [0.25, 0.3) is 0 Å². The summed E-state index contributed by atoms with van der Waals surface area (Å²) >= 11 is 0. The Morgan fingerprint density at radius 2 is 1.95 bits per heavy atom. The molecule has 2 aliphatic rings. The van der Waals surface area contributed by atoms with Gasteiger partial charge < -0.3 is 9.47 Å². The molecule has 0 radical (unpaired) electrons. The molecule has 0 unspecified atom stereocenters. The largest absolute Gasteiger partial charge is 0.493 e. The molecule has 106 valence electrons. The minimum atomic E-state index is 0.741. The van der Waals surface area contributed by atoms with Crippen molar-refractivity contribution in [3.63, 3.8) is 0 Å². The molecule has 4 heteroatoms. The van der Waals surface area contributed by atoms with Gasteiger partial charge in [-0.25, -0.2) is 0 Å². The van der Waals surface area contributed by atoms with E-state index in [1.165, 1.54) is 0 Å². The monoisotopic (exact) mass is 280 g/mol. The third-order valence-electron chi connectivity index (χ3n) is 3.85. The summed E-state index contributed by atoms with van der Waals surface area (Å²) < 4.78 is 11.5. The fraction of sp³-hybridized carbons (Fsp3) is 0.235. The molecule has 2 aromatic rings. The van der Waals surface area contributed by atoms with Crippen molar-refractivity contribution in [2.24, 2.45) is 4.99 Å². The molecule has 0 fully saturated rings. The summed E-state index contributed by atoms with van der Waals surface area (Å²) in [5, 5.41) is 0. The smallest absolute Gasteiger partial charge is 0.193 e. The third kappa shape index (κ3) is 1.87. The molecule has 2 aromatic carbocycles. The number of anilines is 2. The molecule has 0 aromatic heterocycles. The van der Waals surface area contributed by atoms with Crippen LogP contribution >= 0.6 is 0 Å². The van der Waals surface area contributed by atoms with Gasteiger partial charge in [0.2, 0.25) is 0 Å². The zero-order valence-electron chi connectivity index (χ0n) is 11.9. The van der Waals surface area contributed by atoms with Crippen molar-refractivity contribution in [2.75, 3.05) is 18.6 Å². The maximum absolute atomic E-state index is 6.07. The van der Waals surface area contributed by atoms with Crippen molar-refractivity contribution >= 4 is 17.2 Å². The molecule has 21 heavy (non-hydrogen) atoms. The van der Waals surface area contributed by atoms with Gasteiger partial charge in [0, 0.05) is 13.0 Å². The number of aliphatic imine (C=N–C) groups is 1. The lowest BCUT2D eigenvalue weighted by molar-refractivity contribution is 0.377. The quantitative estimate of drug-likeness (QED) is 0.787. The standard InChI is InChI=1S/C17H16N2O2/c1-20-15-9-4-7-13-17(15)21-14-8-3-2-6-12(14)19(13)16-10-5-11-18-16/h2-4,6-9H,5,10-11H2,1H3. The first-order chi connectivity index (χ1) is 10.4. The Balaban J connectivity index is 1.94. The summed E-state index contributed by atoms with van der Waals surface area (Å²) in [6.07, 6.45) is 2.10. The van der Waals surface area contributed by atoms with E-state index in [0.717, 1.165) is 53.8 Å². The van der Waals surface area contributed by atoms with Crippen LogP contribution in [0.1, 0.15) is 12.8 Å². The number of hydrogen-bond acceptors (Lipinski definition) is 4. The number of ether oxygens (including phenoxy) is 2. The van der Waals surface area contributed by atoms with Crippen molar-refractivity contribution in [1.29, 1.82) is 0 Å². The van der Waals surface area contributed by atoms with E-state index in [1.807, 2.05) is 30.3 Å². The Labute approximate surface area is 123 Å². The van der Waals surface area contributed by atoms with E-state index in [2.05, 4.69) is 22.0 Å². The Kier molecular flexibility index (Phi) is 2.81. The fourth-order valence-corrected chi connectivity index (χ4v) is 2.90. The maximum atomic E-state index is 6.07. The summed E-state index contributed by atoms with van der Waals surface area (Å²) in [5.41, 5.74) is 2.03. The van der Waals surface area contributed by atoms with Gasteiger partial charge in [-0.15, -0.1) is 0 Å². The maximum Gasteiger partial charge on any atom is 0.193 e. The Bertz CT molecular complexity index is 724. The summed E-state index contributed by atoms with van der Waals surface area (Å²) in [5.74, 6) is 3.43. The van der Waals surface area contributed by atoms with Crippen molar-refractivity contribution in [3.8, 4) is 17.2 Å². The van der Waals surface area contributed by atoms with Crippen LogP contribution in [0.5, 0.6) is 17.2 Å². The van der Waals surface area contributed by atoms with E-state index >= 15 is 0 Å². The predicted octanol–water partition coefficient (Wildman–Crippen LogP) is 4.13. The first-order valence-corrected chi connectivity index (χ1v) is 7.16. The number of benzene rings is 2. The molecular weight excluding hydrogens is 264 g/mol.